The van der Waals surface area contributed by atoms with E-state index in [4.69, 9.17) is 39.5 Å². The molecule has 0 bridgehead atoms. The van der Waals surface area contributed by atoms with Crippen molar-refractivity contribution in [1.82, 2.24) is 14.8 Å². The molecule has 1 saturated carbocycles. The molecule has 49 heavy (non-hydrogen) atoms. The number of benzene rings is 2. The number of aromatic nitrogens is 1. The van der Waals surface area contributed by atoms with Crippen molar-refractivity contribution in [3.05, 3.63) is 56.4 Å². The Hall–Kier alpha value is -3.76. The van der Waals surface area contributed by atoms with Crippen molar-refractivity contribution in [1.29, 1.82) is 5.26 Å². The molecule has 2 amide bonds. The summed E-state index contributed by atoms with van der Waals surface area (Å²) in [6, 6.07) is 8.44. The molecule has 1 N–H and O–H groups in total. The molecule has 2 aliphatic heterocycles. The van der Waals surface area contributed by atoms with Crippen molar-refractivity contribution in [2.45, 2.75) is 83.4 Å². The topological polar surface area (TPSA) is 98.6 Å². The molecule has 8 nitrogen and oxygen atoms in total. The first kappa shape index (κ1) is 35.1. The summed E-state index contributed by atoms with van der Waals surface area (Å²) in [5.74, 6) is 6.08. The third kappa shape index (κ3) is 7.55. The van der Waals surface area contributed by atoms with Gasteiger partial charge in [0, 0.05) is 54.5 Å². The summed E-state index contributed by atoms with van der Waals surface area (Å²) < 4.78 is 22.5. The molecule has 1 aromatic heterocycles. The Morgan fingerprint density at radius 1 is 1.14 bits per heavy atom. The zero-order valence-electron chi connectivity index (χ0n) is 27.6. The van der Waals surface area contributed by atoms with Crippen LogP contribution in [0.15, 0.2) is 24.3 Å². The maximum atomic E-state index is 16.9. The van der Waals surface area contributed by atoms with E-state index in [1.165, 1.54) is 0 Å². The summed E-state index contributed by atoms with van der Waals surface area (Å²) >= 11 is 19.8. The molecule has 6 rings (SSSR count). The average molecular weight is 725 g/mol. The number of nitrogens with one attached hydrogen (secondary N) is 1. The molecule has 3 aromatic rings. The number of carbonyl (C=O) groups is 2. The van der Waals surface area contributed by atoms with Crippen LogP contribution in [-0.4, -0.2) is 64.1 Å². The summed E-state index contributed by atoms with van der Waals surface area (Å²) in [5.41, 5.74) is 1.31. The zero-order valence-corrected chi connectivity index (χ0v) is 29.9. The maximum Gasteiger partial charge on any atom is 0.410 e. The lowest BCUT2D eigenvalue weighted by Gasteiger charge is -2.25. The van der Waals surface area contributed by atoms with Gasteiger partial charge in [-0.05, 0) is 77.0 Å². The lowest BCUT2D eigenvalue weighted by Crippen LogP contribution is -2.36. The molecule has 1 aliphatic carbocycles. The van der Waals surface area contributed by atoms with E-state index in [-0.39, 0.29) is 63.0 Å². The Morgan fingerprint density at radius 3 is 2.63 bits per heavy atom. The molecule has 0 spiro atoms. The second-order valence-corrected chi connectivity index (χ2v) is 15.0. The van der Waals surface area contributed by atoms with E-state index in [0.29, 0.717) is 53.8 Å². The van der Waals surface area contributed by atoms with E-state index in [9.17, 15) is 14.9 Å². The molecule has 12 heteroatoms. The normalized spacial score (nSPS) is 19.1. The summed E-state index contributed by atoms with van der Waals surface area (Å²) in [6.45, 7) is 6.92. The van der Waals surface area contributed by atoms with Gasteiger partial charge in [0.1, 0.15) is 16.3 Å². The largest absolute Gasteiger partial charge is 0.444 e. The summed E-state index contributed by atoms with van der Waals surface area (Å²) in [5, 5.41) is 13.9. The van der Waals surface area contributed by atoms with Crippen LogP contribution in [0, 0.1) is 34.9 Å². The highest BCUT2D eigenvalue weighted by molar-refractivity contribution is 6.43. The molecule has 2 saturated heterocycles. The first-order valence-corrected chi connectivity index (χ1v) is 17.7. The fraction of sp³-hybridized carbons (Fsp3) is 0.459. The fourth-order valence-corrected chi connectivity index (χ4v) is 7.12. The van der Waals surface area contributed by atoms with E-state index in [2.05, 4.69) is 28.2 Å². The van der Waals surface area contributed by atoms with Gasteiger partial charge in [-0.1, -0.05) is 58.8 Å². The van der Waals surface area contributed by atoms with Gasteiger partial charge >= 0.3 is 6.09 Å². The number of hydrogen-bond acceptors (Lipinski definition) is 6. The number of pyridine rings is 1. The van der Waals surface area contributed by atoms with Crippen molar-refractivity contribution in [3.8, 4) is 29.0 Å². The fourth-order valence-electron chi connectivity index (χ4n) is 6.50. The second-order valence-electron chi connectivity index (χ2n) is 13.8. The Balaban J connectivity index is 1.48. The van der Waals surface area contributed by atoms with Crippen LogP contribution in [-0.2, 0) is 16.0 Å². The Morgan fingerprint density at radius 2 is 1.92 bits per heavy atom. The quantitative estimate of drug-likeness (QED) is 0.202. The molecule has 2 aromatic carbocycles. The third-order valence-corrected chi connectivity index (χ3v) is 10.1. The summed E-state index contributed by atoms with van der Waals surface area (Å²) in [4.78, 5) is 33.9. The minimum absolute atomic E-state index is 0.00167. The minimum Gasteiger partial charge on any atom is -0.444 e. The number of aryl methyl sites for hydroxylation is 1. The first-order chi connectivity index (χ1) is 23.4. The molecule has 2 atom stereocenters. The Kier molecular flexibility index (Phi) is 10.2. The number of nitriles is 1. The summed E-state index contributed by atoms with van der Waals surface area (Å²) in [6.07, 6.45) is 3.98. The van der Waals surface area contributed by atoms with E-state index >= 15 is 4.39 Å². The lowest BCUT2D eigenvalue weighted by atomic mass is 9.92. The highest BCUT2D eigenvalue weighted by Gasteiger charge is 2.38. The van der Waals surface area contributed by atoms with Gasteiger partial charge in [-0.3, -0.25) is 4.79 Å². The Labute approximate surface area is 300 Å². The van der Waals surface area contributed by atoms with Crippen LogP contribution in [0.5, 0.6) is 0 Å². The van der Waals surface area contributed by atoms with Crippen LogP contribution in [0.1, 0.15) is 70.4 Å². The number of fused-ring (bicyclic) bond motifs is 1. The molecule has 256 valence electrons. The SMILES string of the molecule is CC(C)(C)OC(=O)N1CCC(Nc2c(C#CC3CCCN3C(=O)C3CC3)c(Cl)nc3c(F)c(-c4cccc(Cl)c4Cl)c(CCC#N)cc23)C1. The van der Waals surface area contributed by atoms with Crippen LogP contribution >= 0.6 is 34.8 Å². The van der Waals surface area contributed by atoms with Crippen LogP contribution in [0.2, 0.25) is 15.2 Å². The highest BCUT2D eigenvalue weighted by Crippen LogP contribution is 2.43. The van der Waals surface area contributed by atoms with E-state index in [0.717, 1.165) is 25.7 Å². The van der Waals surface area contributed by atoms with Gasteiger partial charge in [0.2, 0.25) is 5.91 Å². The van der Waals surface area contributed by atoms with Gasteiger partial charge in [-0.2, -0.15) is 5.26 Å². The van der Waals surface area contributed by atoms with Crippen molar-refractivity contribution in [2.24, 2.45) is 5.92 Å². The zero-order chi connectivity index (χ0) is 35.0. The molecule has 3 aliphatic rings. The van der Waals surface area contributed by atoms with Crippen LogP contribution < -0.4 is 5.32 Å². The number of halogens is 4. The number of carbonyl (C=O) groups excluding carboxylic acids is 2. The Bertz CT molecular complexity index is 1920. The average Bonchev–Trinajstić information content (AvgIpc) is 3.61. The molecule has 0 radical (unpaired) electrons. The van der Waals surface area contributed by atoms with Gasteiger partial charge in [-0.25, -0.2) is 14.2 Å². The van der Waals surface area contributed by atoms with E-state index < -0.39 is 17.5 Å². The van der Waals surface area contributed by atoms with Crippen LogP contribution in [0.25, 0.3) is 22.0 Å². The number of amides is 2. The number of anilines is 1. The van der Waals surface area contributed by atoms with Crippen molar-refractivity contribution in [3.63, 3.8) is 0 Å². The molecular weight excluding hydrogens is 688 g/mol. The van der Waals surface area contributed by atoms with Crippen molar-refractivity contribution >= 4 is 63.4 Å². The van der Waals surface area contributed by atoms with Gasteiger partial charge in [0.15, 0.2) is 5.82 Å². The van der Waals surface area contributed by atoms with Crippen molar-refractivity contribution < 1.29 is 18.7 Å². The van der Waals surface area contributed by atoms with Crippen LogP contribution in [0.3, 0.4) is 0 Å². The van der Waals surface area contributed by atoms with E-state index in [1.807, 2.05) is 25.7 Å². The second kappa shape index (κ2) is 14.2. The summed E-state index contributed by atoms with van der Waals surface area (Å²) in [7, 11) is 0. The van der Waals surface area contributed by atoms with Crippen LogP contribution in [0.4, 0.5) is 14.9 Å². The standard InChI is InChI=1S/C37H37Cl3FN5O3/c1-37(2,3)49-36(48)45-18-15-23(20-45)43-32-26(14-13-24-8-6-17-46(24)35(47)21-11-12-21)34(40)44-33-27(32)19-22(7-5-16-42)29(31(33)41)25-9-4-10-28(38)30(25)39/h4,9-10,19,21,23-24H,5-8,11-12,15,17-18,20H2,1-3H3,(H,43,44). The number of hydrogen-bond donors (Lipinski definition) is 1. The number of nitrogens with zero attached hydrogens (tertiary/aromatic N) is 4. The monoisotopic (exact) mass is 723 g/mol. The third-order valence-electron chi connectivity index (χ3n) is 9.00. The molecular formula is C37H37Cl3FN5O3. The lowest BCUT2D eigenvalue weighted by molar-refractivity contribution is -0.132. The first-order valence-electron chi connectivity index (χ1n) is 16.6. The smallest absolute Gasteiger partial charge is 0.410 e. The molecule has 2 unspecified atom stereocenters. The predicted molar refractivity (Wildman–Crippen MR) is 190 cm³/mol. The van der Waals surface area contributed by atoms with E-state index in [1.54, 1.807) is 29.2 Å². The maximum absolute atomic E-state index is 16.9. The van der Waals surface area contributed by atoms with Gasteiger partial charge < -0.3 is 19.9 Å². The minimum atomic E-state index is -0.655. The van der Waals surface area contributed by atoms with Gasteiger partial charge in [0.05, 0.1) is 33.4 Å². The molecule has 3 heterocycles. The number of likely N-dealkylation sites (tertiary alicyclic amines) is 2. The number of rotatable bonds is 6. The van der Waals surface area contributed by atoms with Crippen molar-refractivity contribution in [2.75, 3.05) is 25.0 Å². The number of ether oxygens (including phenoxy) is 1. The van der Waals surface area contributed by atoms with Gasteiger partial charge in [-0.15, -0.1) is 0 Å². The molecule has 3 fully saturated rings. The highest BCUT2D eigenvalue weighted by atomic mass is 35.5. The van der Waals surface area contributed by atoms with Gasteiger partial charge in [0.25, 0.3) is 0 Å². The predicted octanol–water partition coefficient (Wildman–Crippen LogP) is 8.63.